The predicted molar refractivity (Wildman–Crippen MR) is 82.4 cm³/mol. The predicted octanol–water partition coefficient (Wildman–Crippen LogP) is 4.83. The van der Waals surface area contributed by atoms with Crippen LogP contribution in [0, 0.1) is 6.07 Å². The molecule has 21 heavy (non-hydrogen) atoms. The van der Waals surface area contributed by atoms with E-state index in [9.17, 15) is 0 Å². The van der Waals surface area contributed by atoms with Crippen LogP contribution in [0.4, 0.5) is 0 Å². The summed E-state index contributed by atoms with van der Waals surface area (Å²) in [5.41, 5.74) is 10.9. The molecule has 0 aliphatic heterocycles. The van der Waals surface area contributed by atoms with E-state index in [2.05, 4.69) is 6.07 Å². The SMILES string of the molecule is [Ir].[NH-]C(c1[c-]cccc1)(c1ccccc1)c1ccccc1. The monoisotopic (exact) mass is 450 g/mol. The van der Waals surface area contributed by atoms with E-state index >= 15 is 0 Å². The van der Waals surface area contributed by atoms with Crippen LogP contribution in [-0.4, -0.2) is 0 Å². The fourth-order valence-corrected chi connectivity index (χ4v) is 2.48. The van der Waals surface area contributed by atoms with Crippen LogP contribution in [0.1, 0.15) is 16.7 Å². The Bertz CT molecular complexity index is 569. The average molecular weight is 450 g/mol. The molecule has 2 heteroatoms. The molecular formula is C19H15IrN-2. The van der Waals surface area contributed by atoms with Crippen LogP contribution in [0.3, 0.4) is 0 Å². The molecule has 1 nitrogen and oxygen atoms in total. The molecule has 1 radical (unpaired) electrons. The quantitative estimate of drug-likeness (QED) is 0.404. The van der Waals surface area contributed by atoms with Gasteiger partial charge in [0.1, 0.15) is 0 Å². The second-order valence-corrected chi connectivity index (χ2v) is 4.76. The summed E-state index contributed by atoms with van der Waals surface area (Å²) in [4.78, 5) is 0. The van der Waals surface area contributed by atoms with Gasteiger partial charge >= 0.3 is 0 Å². The van der Waals surface area contributed by atoms with Gasteiger partial charge in [0.25, 0.3) is 0 Å². The van der Waals surface area contributed by atoms with Crippen molar-refractivity contribution in [2.45, 2.75) is 5.54 Å². The van der Waals surface area contributed by atoms with Gasteiger partial charge in [-0.05, 0) is 0 Å². The maximum atomic E-state index is 9.11. The zero-order valence-corrected chi connectivity index (χ0v) is 13.8. The van der Waals surface area contributed by atoms with Crippen molar-refractivity contribution >= 4 is 0 Å². The first kappa shape index (κ1) is 15.7. The first-order valence-electron chi connectivity index (χ1n) is 6.65. The smallest absolute Gasteiger partial charge is 0 e. The van der Waals surface area contributed by atoms with Crippen molar-refractivity contribution < 1.29 is 20.1 Å². The second kappa shape index (κ2) is 6.82. The minimum atomic E-state index is -0.927. The number of benzene rings is 3. The van der Waals surface area contributed by atoms with Gasteiger partial charge in [0, 0.05) is 20.1 Å². The van der Waals surface area contributed by atoms with Crippen molar-refractivity contribution in [1.82, 2.24) is 0 Å². The Morgan fingerprint density at radius 2 is 1.14 bits per heavy atom. The molecule has 0 aliphatic carbocycles. The van der Waals surface area contributed by atoms with Crippen LogP contribution < -0.4 is 0 Å². The van der Waals surface area contributed by atoms with Gasteiger partial charge in [-0.25, -0.2) is 0 Å². The zero-order valence-electron chi connectivity index (χ0n) is 11.4. The van der Waals surface area contributed by atoms with E-state index in [4.69, 9.17) is 5.73 Å². The van der Waals surface area contributed by atoms with E-state index < -0.39 is 5.54 Å². The third-order valence-corrected chi connectivity index (χ3v) is 3.53. The fourth-order valence-electron chi connectivity index (χ4n) is 2.48. The molecule has 0 spiro atoms. The van der Waals surface area contributed by atoms with Gasteiger partial charge in [-0.2, -0.15) is 35.9 Å². The van der Waals surface area contributed by atoms with Gasteiger partial charge in [-0.1, -0.05) is 77.3 Å². The Balaban J connectivity index is 0.00000161. The Morgan fingerprint density at radius 1 is 0.667 bits per heavy atom. The Kier molecular flexibility index (Phi) is 5.08. The van der Waals surface area contributed by atoms with E-state index in [1.165, 1.54) is 0 Å². The zero-order chi connectivity index (χ0) is 13.8. The third kappa shape index (κ3) is 2.98. The molecule has 0 fully saturated rings. The Hall–Kier alpha value is -1.73. The van der Waals surface area contributed by atoms with E-state index in [1.54, 1.807) is 0 Å². The molecule has 3 rings (SSSR count). The number of hydrogen-bond acceptors (Lipinski definition) is 0. The minimum Gasteiger partial charge on any atom is -0.662 e. The number of hydrogen-bond donors (Lipinski definition) is 0. The summed E-state index contributed by atoms with van der Waals surface area (Å²) in [5.74, 6) is 0. The van der Waals surface area contributed by atoms with Crippen molar-refractivity contribution in [2.24, 2.45) is 0 Å². The normalized spacial score (nSPS) is 10.7. The summed E-state index contributed by atoms with van der Waals surface area (Å²) in [7, 11) is 0. The molecule has 0 amide bonds. The van der Waals surface area contributed by atoms with Crippen LogP contribution in [0.5, 0.6) is 0 Å². The fraction of sp³-hybridized carbons (Fsp3) is 0.0526. The topological polar surface area (TPSA) is 23.8 Å². The van der Waals surface area contributed by atoms with Crippen molar-refractivity contribution in [3.8, 4) is 0 Å². The van der Waals surface area contributed by atoms with Crippen molar-refractivity contribution in [3.05, 3.63) is 113 Å². The van der Waals surface area contributed by atoms with Gasteiger partial charge in [-0.15, -0.1) is 0 Å². The molecule has 0 atom stereocenters. The van der Waals surface area contributed by atoms with Gasteiger partial charge in [0.2, 0.25) is 0 Å². The summed E-state index contributed by atoms with van der Waals surface area (Å²) in [6.45, 7) is 0. The van der Waals surface area contributed by atoms with E-state index in [0.717, 1.165) is 16.7 Å². The first-order valence-corrected chi connectivity index (χ1v) is 6.65. The minimum absolute atomic E-state index is 0. The van der Waals surface area contributed by atoms with Crippen LogP contribution in [0.15, 0.2) is 84.9 Å². The molecular weight excluding hydrogens is 434 g/mol. The number of nitrogens with one attached hydrogen (secondary N) is 1. The Labute approximate surface area is 139 Å². The van der Waals surface area contributed by atoms with Crippen LogP contribution in [0.25, 0.3) is 5.73 Å². The molecule has 0 saturated heterocycles. The van der Waals surface area contributed by atoms with Gasteiger partial charge in [0.05, 0.1) is 0 Å². The molecule has 0 saturated carbocycles. The summed E-state index contributed by atoms with van der Waals surface area (Å²) in [6.07, 6.45) is 0. The molecule has 3 aromatic rings. The molecule has 0 bridgehead atoms. The van der Waals surface area contributed by atoms with Gasteiger partial charge in [-0.3, -0.25) is 0 Å². The molecule has 1 N–H and O–H groups in total. The van der Waals surface area contributed by atoms with E-state index in [1.807, 2.05) is 84.9 Å². The van der Waals surface area contributed by atoms with Crippen LogP contribution >= 0.6 is 0 Å². The van der Waals surface area contributed by atoms with Crippen molar-refractivity contribution in [1.29, 1.82) is 0 Å². The summed E-state index contributed by atoms with van der Waals surface area (Å²) in [5, 5.41) is 0. The number of rotatable bonds is 3. The largest absolute Gasteiger partial charge is 0.662 e. The van der Waals surface area contributed by atoms with Crippen LogP contribution in [0.2, 0.25) is 0 Å². The van der Waals surface area contributed by atoms with Crippen LogP contribution in [-0.2, 0) is 25.6 Å². The maximum Gasteiger partial charge on any atom is 0 e. The standard InChI is InChI=1S/C19H15N.Ir/c20-19(16-10-4-1-5-11-16,17-12-6-2-7-13-17)18-14-8-3-9-15-18;/h1-14,20H;/q-2;. The molecule has 107 valence electrons. The first-order chi connectivity index (χ1) is 9.82. The second-order valence-electron chi connectivity index (χ2n) is 4.76. The summed E-state index contributed by atoms with van der Waals surface area (Å²) >= 11 is 0. The van der Waals surface area contributed by atoms with E-state index in [-0.39, 0.29) is 20.1 Å². The molecule has 3 aromatic carbocycles. The van der Waals surface area contributed by atoms with Crippen molar-refractivity contribution in [3.63, 3.8) is 0 Å². The van der Waals surface area contributed by atoms with Gasteiger partial charge < -0.3 is 5.73 Å². The average Bonchev–Trinajstić information content (AvgIpc) is 2.56. The molecule has 0 aliphatic rings. The summed E-state index contributed by atoms with van der Waals surface area (Å²) in [6, 6.07) is 30.8. The molecule has 0 heterocycles. The third-order valence-electron chi connectivity index (χ3n) is 3.53. The molecule has 0 unspecified atom stereocenters. The maximum absolute atomic E-state index is 9.11. The summed E-state index contributed by atoms with van der Waals surface area (Å²) < 4.78 is 0. The van der Waals surface area contributed by atoms with Gasteiger partial charge in [0.15, 0.2) is 0 Å². The Morgan fingerprint density at radius 3 is 1.57 bits per heavy atom. The van der Waals surface area contributed by atoms with Crippen molar-refractivity contribution in [2.75, 3.05) is 0 Å². The van der Waals surface area contributed by atoms with E-state index in [0.29, 0.717) is 0 Å². The molecule has 0 aromatic heterocycles.